The lowest BCUT2D eigenvalue weighted by Crippen LogP contribution is -2.28. The smallest absolute Gasteiger partial charge is 0.319 e. The molecular weight excluding hydrogens is 268 g/mol. The second-order valence-electron chi connectivity index (χ2n) is 4.87. The highest BCUT2D eigenvalue weighted by atomic mass is 16.5. The van der Waals surface area contributed by atoms with E-state index >= 15 is 0 Å². The Morgan fingerprint density at radius 2 is 2.05 bits per heavy atom. The second-order valence-corrected chi connectivity index (χ2v) is 4.87. The van der Waals surface area contributed by atoms with Crippen LogP contribution in [0.25, 0.3) is 0 Å². The maximum atomic E-state index is 11.8. The van der Waals surface area contributed by atoms with Gasteiger partial charge in [0.25, 0.3) is 0 Å². The van der Waals surface area contributed by atoms with Crippen LogP contribution in [0.3, 0.4) is 0 Å². The number of nitrogens with one attached hydrogen (secondary N) is 3. The molecule has 0 fully saturated rings. The predicted molar refractivity (Wildman–Crippen MR) is 81.0 cm³/mol. The monoisotopic (exact) mass is 288 g/mol. The minimum absolute atomic E-state index is 0.273. The number of urea groups is 1. The summed E-state index contributed by atoms with van der Waals surface area (Å²) in [6, 6.07) is 9.52. The molecule has 112 valence electrons. The van der Waals surface area contributed by atoms with Gasteiger partial charge in [-0.05, 0) is 38.6 Å². The Morgan fingerprint density at radius 1 is 1.33 bits per heavy atom. The fourth-order valence-electron chi connectivity index (χ4n) is 1.87. The summed E-state index contributed by atoms with van der Waals surface area (Å²) in [5, 5.41) is 12.5. The average molecular weight is 288 g/mol. The van der Waals surface area contributed by atoms with Crippen molar-refractivity contribution < 1.29 is 9.32 Å². The minimum atomic E-state index is -0.273. The van der Waals surface area contributed by atoms with Gasteiger partial charge >= 0.3 is 6.03 Å². The summed E-state index contributed by atoms with van der Waals surface area (Å²) in [7, 11) is 1.91. The number of anilines is 1. The Balaban J connectivity index is 1.84. The third kappa shape index (κ3) is 4.32. The molecule has 0 spiro atoms. The molecule has 21 heavy (non-hydrogen) atoms. The lowest BCUT2D eigenvalue weighted by atomic mass is 10.1. The molecule has 1 heterocycles. The Hall–Kier alpha value is -2.34. The number of nitrogens with zero attached hydrogens (tertiary/aromatic N) is 1. The fraction of sp³-hybridized carbons (Fsp3) is 0.333. The van der Waals surface area contributed by atoms with Gasteiger partial charge in [-0.15, -0.1) is 0 Å². The van der Waals surface area contributed by atoms with Crippen molar-refractivity contribution in [1.29, 1.82) is 0 Å². The third-order valence-corrected chi connectivity index (χ3v) is 3.21. The zero-order valence-electron chi connectivity index (χ0n) is 12.4. The van der Waals surface area contributed by atoms with E-state index in [-0.39, 0.29) is 12.1 Å². The van der Waals surface area contributed by atoms with Gasteiger partial charge in [-0.1, -0.05) is 17.3 Å². The zero-order chi connectivity index (χ0) is 15.2. The molecule has 3 N–H and O–H groups in total. The number of carbonyl (C=O) groups is 1. The molecule has 2 rings (SSSR count). The Labute approximate surface area is 123 Å². The van der Waals surface area contributed by atoms with Crippen molar-refractivity contribution in [2.75, 3.05) is 12.4 Å². The van der Waals surface area contributed by atoms with Crippen molar-refractivity contribution in [2.24, 2.45) is 0 Å². The van der Waals surface area contributed by atoms with Crippen molar-refractivity contribution in [2.45, 2.75) is 26.4 Å². The van der Waals surface area contributed by atoms with Crippen LogP contribution >= 0.6 is 0 Å². The molecule has 1 aromatic heterocycles. The van der Waals surface area contributed by atoms with Gasteiger partial charge in [-0.3, -0.25) is 0 Å². The Bertz CT molecular complexity index is 592. The first-order valence-electron chi connectivity index (χ1n) is 6.82. The first kappa shape index (κ1) is 15.1. The molecule has 0 aliphatic carbocycles. The number of aromatic nitrogens is 1. The number of benzene rings is 1. The molecule has 1 unspecified atom stereocenters. The highest BCUT2D eigenvalue weighted by Gasteiger charge is 2.06. The zero-order valence-corrected chi connectivity index (χ0v) is 12.4. The fourth-order valence-corrected chi connectivity index (χ4v) is 1.87. The van der Waals surface area contributed by atoms with Gasteiger partial charge in [-0.25, -0.2) is 4.79 Å². The molecule has 0 aliphatic heterocycles. The van der Waals surface area contributed by atoms with E-state index in [4.69, 9.17) is 4.52 Å². The molecule has 6 heteroatoms. The van der Waals surface area contributed by atoms with E-state index in [0.717, 1.165) is 11.4 Å². The normalized spacial score (nSPS) is 12.0. The third-order valence-electron chi connectivity index (χ3n) is 3.21. The van der Waals surface area contributed by atoms with E-state index in [1.165, 1.54) is 5.56 Å². The van der Waals surface area contributed by atoms with E-state index in [2.05, 4.69) is 28.0 Å². The van der Waals surface area contributed by atoms with Gasteiger partial charge in [0.1, 0.15) is 11.5 Å². The molecular formula is C15H20N4O2. The quantitative estimate of drug-likeness (QED) is 0.790. The van der Waals surface area contributed by atoms with Crippen LogP contribution in [0, 0.1) is 6.92 Å². The summed E-state index contributed by atoms with van der Waals surface area (Å²) in [4.78, 5) is 11.8. The van der Waals surface area contributed by atoms with Gasteiger partial charge < -0.3 is 20.5 Å². The number of hydrogen-bond acceptors (Lipinski definition) is 4. The maximum Gasteiger partial charge on any atom is 0.319 e. The van der Waals surface area contributed by atoms with E-state index < -0.39 is 0 Å². The first-order valence-corrected chi connectivity index (χ1v) is 6.82. The van der Waals surface area contributed by atoms with Crippen LogP contribution in [0.4, 0.5) is 10.5 Å². The molecule has 0 radical (unpaired) electrons. The minimum Gasteiger partial charge on any atom is -0.361 e. The van der Waals surface area contributed by atoms with E-state index in [9.17, 15) is 4.79 Å². The lowest BCUT2D eigenvalue weighted by molar-refractivity contribution is 0.251. The van der Waals surface area contributed by atoms with Crippen LogP contribution in [0.15, 0.2) is 34.9 Å². The van der Waals surface area contributed by atoms with Crippen LogP contribution in [-0.4, -0.2) is 18.2 Å². The Kier molecular flexibility index (Phi) is 4.94. The highest BCUT2D eigenvalue weighted by Crippen LogP contribution is 2.15. The SMILES string of the molecule is CNC(C)c1ccc(NC(=O)NCc2cc(C)on2)cc1. The highest BCUT2D eigenvalue weighted by molar-refractivity contribution is 5.89. The molecule has 1 aromatic carbocycles. The van der Waals surface area contributed by atoms with Gasteiger partial charge in [0.15, 0.2) is 0 Å². The van der Waals surface area contributed by atoms with Gasteiger partial charge in [-0.2, -0.15) is 0 Å². The number of hydrogen-bond donors (Lipinski definition) is 3. The second kappa shape index (κ2) is 6.90. The standard InChI is InChI=1S/C15H20N4O2/c1-10-8-14(19-21-10)9-17-15(20)18-13-6-4-12(5-7-13)11(2)16-3/h4-8,11,16H,9H2,1-3H3,(H2,17,18,20). The average Bonchev–Trinajstić information content (AvgIpc) is 2.91. The molecule has 0 aliphatic rings. The van der Waals surface area contributed by atoms with Crippen LogP contribution in [0.2, 0.25) is 0 Å². The largest absolute Gasteiger partial charge is 0.361 e. The van der Waals surface area contributed by atoms with Crippen molar-refractivity contribution in [3.05, 3.63) is 47.3 Å². The number of carbonyl (C=O) groups excluding carboxylic acids is 1. The van der Waals surface area contributed by atoms with Gasteiger partial charge in [0.05, 0.1) is 6.54 Å². The van der Waals surface area contributed by atoms with Crippen molar-refractivity contribution in [3.63, 3.8) is 0 Å². The van der Waals surface area contributed by atoms with Crippen LogP contribution in [0.5, 0.6) is 0 Å². The predicted octanol–water partition coefficient (Wildman–Crippen LogP) is 2.59. The molecule has 0 saturated carbocycles. The van der Waals surface area contributed by atoms with E-state index in [1.54, 1.807) is 6.07 Å². The van der Waals surface area contributed by atoms with E-state index in [1.807, 2.05) is 38.2 Å². The summed E-state index contributed by atoms with van der Waals surface area (Å²) in [5.74, 6) is 0.724. The first-order chi connectivity index (χ1) is 10.1. The Morgan fingerprint density at radius 3 is 2.62 bits per heavy atom. The molecule has 2 amide bonds. The van der Waals surface area contributed by atoms with Crippen LogP contribution in [-0.2, 0) is 6.54 Å². The number of rotatable bonds is 5. The summed E-state index contributed by atoms with van der Waals surface area (Å²) >= 11 is 0. The van der Waals surface area contributed by atoms with Crippen molar-refractivity contribution in [1.82, 2.24) is 15.8 Å². The molecule has 1 atom stereocenters. The van der Waals surface area contributed by atoms with Crippen LogP contribution < -0.4 is 16.0 Å². The van der Waals surface area contributed by atoms with E-state index in [0.29, 0.717) is 12.2 Å². The van der Waals surface area contributed by atoms with Gasteiger partial charge in [0, 0.05) is 17.8 Å². The van der Waals surface area contributed by atoms with Crippen molar-refractivity contribution in [3.8, 4) is 0 Å². The molecule has 0 saturated heterocycles. The summed E-state index contributed by atoms with van der Waals surface area (Å²) < 4.78 is 4.93. The van der Waals surface area contributed by atoms with Crippen molar-refractivity contribution >= 4 is 11.7 Å². The topological polar surface area (TPSA) is 79.2 Å². The molecule has 2 aromatic rings. The summed E-state index contributed by atoms with van der Waals surface area (Å²) in [6.07, 6.45) is 0. The number of amides is 2. The lowest BCUT2D eigenvalue weighted by Gasteiger charge is -2.11. The van der Waals surface area contributed by atoms with Gasteiger partial charge in [0.2, 0.25) is 0 Å². The number of aryl methyl sites for hydroxylation is 1. The van der Waals surface area contributed by atoms with Crippen LogP contribution in [0.1, 0.15) is 30.0 Å². The summed E-state index contributed by atoms with van der Waals surface area (Å²) in [6.45, 7) is 4.22. The summed E-state index contributed by atoms with van der Waals surface area (Å²) in [5.41, 5.74) is 2.61. The maximum absolute atomic E-state index is 11.8. The molecule has 6 nitrogen and oxygen atoms in total. The molecule has 0 bridgehead atoms.